The van der Waals surface area contributed by atoms with Gasteiger partial charge >= 0.3 is 0 Å². The van der Waals surface area contributed by atoms with Crippen LogP contribution in [0.2, 0.25) is 0 Å². The minimum absolute atomic E-state index is 0.108. The molecule has 6 nitrogen and oxygen atoms in total. The number of fused-ring (bicyclic) bond motifs is 1. The molecule has 2 heterocycles. The van der Waals surface area contributed by atoms with Crippen molar-refractivity contribution in [3.05, 3.63) is 63.7 Å². The molecular formula is C25H27N3O3S. The Kier molecular flexibility index (Phi) is 6.83. The van der Waals surface area contributed by atoms with Gasteiger partial charge in [0.15, 0.2) is 0 Å². The molecule has 0 bridgehead atoms. The first-order valence-corrected chi connectivity index (χ1v) is 11.8. The number of ether oxygens (including phenoxy) is 1. The van der Waals surface area contributed by atoms with Crippen LogP contribution in [-0.4, -0.2) is 60.7 Å². The van der Waals surface area contributed by atoms with Gasteiger partial charge in [0.05, 0.1) is 19.1 Å². The van der Waals surface area contributed by atoms with Gasteiger partial charge in [0.25, 0.3) is 0 Å². The lowest BCUT2D eigenvalue weighted by Gasteiger charge is -2.35. The number of hydrogen-bond acceptors (Lipinski definition) is 6. The number of nitriles is 1. The van der Waals surface area contributed by atoms with Gasteiger partial charge < -0.3 is 9.64 Å². The summed E-state index contributed by atoms with van der Waals surface area (Å²) in [5, 5.41) is 9.46. The van der Waals surface area contributed by atoms with Crippen LogP contribution < -0.4 is 4.74 Å². The first kappa shape index (κ1) is 22.4. The Bertz CT molecular complexity index is 1080. The van der Waals surface area contributed by atoms with Gasteiger partial charge in [-0.05, 0) is 47.7 Å². The van der Waals surface area contributed by atoms with Crippen molar-refractivity contribution in [2.75, 3.05) is 39.8 Å². The zero-order valence-electron chi connectivity index (χ0n) is 18.5. The topological polar surface area (TPSA) is 73.6 Å². The number of aryl methyl sites for hydroxylation is 1. The van der Waals surface area contributed by atoms with E-state index in [0.29, 0.717) is 17.7 Å². The number of hydrogen-bond donors (Lipinski definition) is 0. The molecule has 0 radical (unpaired) electrons. The maximum absolute atomic E-state index is 12.8. The van der Waals surface area contributed by atoms with E-state index in [-0.39, 0.29) is 11.0 Å². The summed E-state index contributed by atoms with van der Waals surface area (Å²) in [4.78, 5) is 28.9. The standard InChI is InChI=1S/C25H27N3O3S/c1-17-11-19(13-23(31-2)22(17)15-26)14-24(29)28-9-7-27(8-10-28)6-5-18-3-4-21-20(12-18)16-32-25(21)30/h3-4,11-13H,5-10,14,16H2,1-2H3. The van der Waals surface area contributed by atoms with E-state index in [1.165, 1.54) is 17.3 Å². The van der Waals surface area contributed by atoms with E-state index >= 15 is 0 Å². The molecule has 2 aromatic carbocycles. The molecule has 0 unspecified atom stereocenters. The average Bonchev–Trinajstić information content (AvgIpc) is 3.17. The monoisotopic (exact) mass is 449 g/mol. The highest BCUT2D eigenvalue weighted by atomic mass is 32.2. The maximum Gasteiger partial charge on any atom is 0.227 e. The van der Waals surface area contributed by atoms with Crippen LogP contribution >= 0.6 is 11.8 Å². The average molecular weight is 450 g/mol. The molecule has 0 aliphatic carbocycles. The number of amides is 1. The predicted octanol–water partition coefficient (Wildman–Crippen LogP) is 3.19. The quantitative estimate of drug-likeness (QED) is 0.674. The number of methoxy groups -OCH3 is 1. The first-order chi connectivity index (χ1) is 15.5. The van der Waals surface area contributed by atoms with Crippen LogP contribution in [0.15, 0.2) is 30.3 Å². The summed E-state index contributed by atoms with van der Waals surface area (Å²) >= 11 is 1.38. The Hall–Kier alpha value is -2.82. The molecule has 0 atom stereocenters. The fourth-order valence-electron chi connectivity index (χ4n) is 4.37. The van der Waals surface area contributed by atoms with E-state index in [9.17, 15) is 14.9 Å². The number of nitrogens with zero attached hydrogens (tertiary/aromatic N) is 3. The second kappa shape index (κ2) is 9.76. The second-order valence-electron chi connectivity index (χ2n) is 8.32. The zero-order valence-corrected chi connectivity index (χ0v) is 19.3. The van der Waals surface area contributed by atoms with Gasteiger partial charge in [-0.3, -0.25) is 14.5 Å². The van der Waals surface area contributed by atoms with Crippen LogP contribution in [0, 0.1) is 18.3 Å². The SMILES string of the molecule is COc1cc(CC(=O)N2CCN(CCc3ccc4c(c3)CSC4=O)CC2)cc(C)c1C#N. The van der Waals surface area contributed by atoms with E-state index in [4.69, 9.17) is 4.74 Å². The molecule has 2 aromatic rings. The van der Waals surface area contributed by atoms with Gasteiger partial charge in [-0.2, -0.15) is 5.26 Å². The van der Waals surface area contributed by atoms with Gasteiger partial charge in [-0.25, -0.2) is 0 Å². The van der Waals surface area contributed by atoms with Crippen LogP contribution in [0.4, 0.5) is 0 Å². The van der Waals surface area contributed by atoms with E-state index in [2.05, 4.69) is 23.1 Å². The molecule has 0 spiro atoms. The van der Waals surface area contributed by atoms with Gasteiger partial charge in [0, 0.05) is 44.0 Å². The van der Waals surface area contributed by atoms with Crippen molar-refractivity contribution in [2.24, 2.45) is 0 Å². The lowest BCUT2D eigenvalue weighted by Crippen LogP contribution is -2.49. The molecule has 4 rings (SSSR count). The summed E-state index contributed by atoms with van der Waals surface area (Å²) in [5.74, 6) is 1.42. The maximum atomic E-state index is 12.8. The summed E-state index contributed by atoms with van der Waals surface area (Å²) in [6.07, 6.45) is 1.26. The van der Waals surface area contributed by atoms with Crippen LogP contribution in [-0.2, 0) is 23.4 Å². The normalized spacial score (nSPS) is 16.0. The van der Waals surface area contributed by atoms with Crippen LogP contribution in [0.5, 0.6) is 5.75 Å². The van der Waals surface area contributed by atoms with E-state index in [1.807, 2.05) is 24.0 Å². The van der Waals surface area contributed by atoms with Crippen molar-refractivity contribution in [3.8, 4) is 11.8 Å². The number of rotatable bonds is 6. The highest BCUT2D eigenvalue weighted by Crippen LogP contribution is 2.30. The Morgan fingerprint density at radius 3 is 2.66 bits per heavy atom. The van der Waals surface area contributed by atoms with Gasteiger partial charge in [-0.15, -0.1) is 0 Å². The molecule has 2 aliphatic heterocycles. The lowest BCUT2D eigenvalue weighted by atomic mass is 10.0. The van der Waals surface area contributed by atoms with Crippen molar-refractivity contribution >= 4 is 22.8 Å². The Labute approximate surface area is 193 Å². The number of thioether (sulfide) groups is 1. The number of piperazine rings is 1. The van der Waals surface area contributed by atoms with Gasteiger partial charge in [0.2, 0.25) is 11.0 Å². The van der Waals surface area contributed by atoms with Crippen molar-refractivity contribution in [1.82, 2.24) is 9.80 Å². The number of benzene rings is 2. The van der Waals surface area contributed by atoms with Crippen LogP contribution in [0.3, 0.4) is 0 Å². The van der Waals surface area contributed by atoms with Crippen LogP contribution in [0.1, 0.15) is 38.2 Å². The third kappa shape index (κ3) is 4.82. The second-order valence-corrected chi connectivity index (χ2v) is 9.27. The summed E-state index contributed by atoms with van der Waals surface area (Å²) < 4.78 is 5.32. The third-order valence-corrected chi connectivity index (χ3v) is 7.17. The van der Waals surface area contributed by atoms with E-state index in [1.54, 1.807) is 13.2 Å². The van der Waals surface area contributed by atoms with Crippen molar-refractivity contribution in [1.29, 1.82) is 5.26 Å². The molecule has 2 aliphatic rings. The molecule has 1 saturated heterocycles. The molecule has 0 aromatic heterocycles. The molecule has 0 N–H and O–H groups in total. The molecule has 1 fully saturated rings. The smallest absolute Gasteiger partial charge is 0.227 e. The molecule has 7 heteroatoms. The zero-order chi connectivity index (χ0) is 22.7. The van der Waals surface area contributed by atoms with Crippen molar-refractivity contribution < 1.29 is 14.3 Å². The molecule has 0 saturated carbocycles. The lowest BCUT2D eigenvalue weighted by molar-refractivity contribution is -0.132. The third-order valence-electron chi connectivity index (χ3n) is 6.24. The number of carbonyl (C=O) groups is 2. The van der Waals surface area contributed by atoms with E-state index < -0.39 is 0 Å². The molecule has 1 amide bonds. The fraction of sp³-hybridized carbons (Fsp3) is 0.400. The summed E-state index contributed by atoms with van der Waals surface area (Å²) in [6.45, 7) is 5.99. The Morgan fingerprint density at radius 2 is 1.94 bits per heavy atom. The fourth-order valence-corrected chi connectivity index (χ4v) is 5.25. The van der Waals surface area contributed by atoms with Crippen LogP contribution in [0.25, 0.3) is 0 Å². The van der Waals surface area contributed by atoms with E-state index in [0.717, 1.165) is 67.2 Å². The summed E-state index contributed by atoms with van der Waals surface area (Å²) in [6, 6.07) is 12.0. The highest BCUT2D eigenvalue weighted by molar-refractivity contribution is 8.13. The largest absolute Gasteiger partial charge is 0.495 e. The molecular weight excluding hydrogens is 422 g/mol. The highest BCUT2D eigenvalue weighted by Gasteiger charge is 2.23. The van der Waals surface area contributed by atoms with Gasteiger partial charge in [-0.1, -0.05) is 30.0 Å². The first-order valence-electron chi connectivity index (χ1n) is 10.8. The molecule has 32 heavy (non-hydrogen) atoms. The minimum atomic E-state index is 0.108. The molecule has 166 valence electrons. The summed E-state index contributed by atoms with van der Waals surface area (Å²) in [7, 11) is 1.54. The van der Waals surface area contributed by atoms with Crippen molar-refractivity contribution in [3.63, 3.8) is 0 Å². The summed E-state index contributed by atoms with van der Waals surface area (Å²) in [5.41, 5.74) is 5.50. The number of carbonyl (C=O) groups excluding carboxylic acids is 2. The van der Waals surface area contributed by atoms with Gasteiger partial charge in [0.1, 0.15) is 11.8 Å². The van der Waals surface area contributed by atoms with Crippen molar-refractivity contribution in [2.45, 2.75) is 25.5 Å². The minimum Gasteiger partial charge on any atom is -0.495 e. The Balaban J connectivity index is 1.27. The predicted molar refractivity (Wildman–Crippen MR) is 125 cm³/mol. The Morgan fingerprint density at radius 1 is 1.16 bits per heavy atom.